The van der Waals surface area contributed by atoms with E-state index in [1.54, 1.807) is 11.9 Å². The lowest BCUT2D eigenvalue weighted by molar-refractivity contribution is -0.131. The van der Waals surface area contributed by atoms with Gasteiger partial charge in [0.1, 0.15) is 11.9 Å². The van der Waals surface area contributed by atoms with Gasteiger partial charge in [-0.05, 0) is 18.6 Å². The number of aryl methyl sites for hydroxylation is 1. The molecule has 2 heterocycles. The zero-order valence-corrected chi connectivity index (χ0v) is 11.6. The Labute approximate surface area is 117 Å². The number of para-hydroxylation sites is 1. The van der Waals surface area contributed by atoms with Crippen LogP contribution in [0.2, 0.25) is 0 Å². The van der Waals surface area contributed by atoms with Crippen LogP contribution in [0.3, 0.4) is 0 Å². The fourth-order valence-corrected chi connectivity index (χ4v) is 2.46. The van der Waals surface area contributed by atoms with Crippen LogP contribution in [0, 0.1) is 6.92 Å². The Hall–Kier alpha value is -2.37. The van der Waals surface area contributed by atoms with Gasteiger partial charge in [-0.25, -0.2) is 4.98 Å². The maximum Gasteiger partial charge on any atom is 0.245 e. The van der Waals surface area contributed by atoms with E-state index in [0.29, 0.717) is 12.4 Å². The Morgan fingerprint density at radius 3 is 2.95 bits per heavy atom. The van der Waals surface area contributed by atoms with Crippen molar-refractivity contribution in [2.24, 2.45) is 0 Å². The largest absolute Gasteiger partial charge is 0.373 e. The maximum absolute atomic E-state index is 12.4. The van der Waals surface area contributed by atoms with E-state index < -0.39 is 0 Å². The van der Waals surface area contributed by atoms with Crippen molar-refractivity contribution in [3.63, 3.8) is 0 Å². The van der Waals surface area contributed by atoms with Gasteiger partial charge in [-0.1, -0.05) is 18.2 Å². The van der Waals surface area contributed by atoms with Gasteiger partial charge in [0.15, 0.2) is 5.82 Å². The smallest absolute Gasteiger partial charge is 0.245 e. The van der Waals surface area contributed by atoms with Crippen LogP contribution in [0.15, 0.2) is 24.3 Å². The second kappa shape index (κ2) is 4.96. The molecule has 0 saturated heterocycles. The quantitative estimate of drug-likeness (QED) is 0.877. The molecule has 6 nitrogen and oxygen atoms in total. The Kier molecular flexibility index (Phi) is 3.14. The second-order valence-corrected chi connectivity index (χ2v) is 5.09. The molecule has 0 spiro atoms. The number of hydrogen-bond donors (Lipinski definition) is 2. The number of aromatic nitrogens is 3. The van der Waals surface area contributed by atoms with E-state index in [0.717, 1.165) is 17.9 Å². The summed E-state index contributed by atoms with van der Waals surface area (Å²) in [6.07, 6.45) is 0.729. The zero-order valence-electron chi connectivity index (χ0n) is 11.6. The van der Waals surface area contributed by atoms with Gasteiger partial charge in [-0.3, -0.25) is 9.89 Å². The highest BCUT2D eigenvalue weighted by Gasteiger charge is 2.28. The molecule has 20 heavy (non-hydrogen) atoms. The second-order valence-electron chi connectivity index (χ2n) is 5.09. The number of rotatable bonds is 3. The van der Waals surface area contributed by atoms with Crippen molar-refractivity contribution < 1.29 is 4.79 Å². The number of nitrogens with one attached hydrogen (secondary N) is 2. The Morgan fingerprint density at radius 2 is 2.25 bits per heavy atom. The predicted molar refractivity (Wildman–Crippen MR) is 75.2 cm³/mol. The lowest BCUT2D eigenvalue weighted by atomic mass is 10.1. The highest BCUT2D eigenvalue weighted by Crippen LogP contribution is 2.25. The van der Waals surface area contributed by atoms with Crippen LogP contribution in [0.25, 0.3) is 0 Å². The molecule has 1 atom stereocenters. The molecule has 2 aromatic rings. The summed E-state index contributed by atoms with van der Waals surface area (Å²) < 4.78 is 0. The number of likely N-dealkylation sites (N-methyl/N-ethyl adjacent to an activating group) is 1. The molecule has 2 N–H and O–H groups in total. The molecule has 1 aromatic heterocycles. The van der Waals surface area contributed by atoms with Gasteiger partial charge in [0.2, 0.25) is 5.91 Å². The van der Waals surface area contributed by atoms with Crippen molar-refractivity contribution in [3.05, 3.63) is 41.5 Å². The summed E-state index contributed by atoms with van der Waals surface area (Å²) in [7, 11) is 1.78. The molecular weight excluding hydrogens is 254 g/mol. The third kappa shape index (κ3) is 2.36. The maximum atomic E-state index is 12.4. The molecule has 1 unspecified atom stereocenters. The van der Waals surface area contributed by atoms with Crippen LogP contribution in [0.4, 0.5) is 5.69 Å². The number of benzene rings is 1. The normalized spacial score (nSPS) is 16.6. The molecule has 0 radical (unpaired) electrons. The number of amides is 1. The molecule has 0 bridgehead atoms. The Morgan fingerprint density at radius 1 is 1.45 bits per heavy atom. The minimum Gasteiger partial charge on any atom is -0.373 e. The highest BCUT2D eigenvalue weighted by molar-refractivity contribution is 5.87. The van der Waals surface area contributed by atoms with E-state index in [9.17, 15) is 4.79 Å². The van der Waals surface area contributed by atoms with Crippen molar-refractivity contribution in [1.82, 2.24) is 20.1 Å². The molecule has 0 saturated carbocycles. The monoisotopic (exact) mass is 271 g/mol. The number of nitrogens with zero attached hydrogens (tertiary/aromatic N) is 3. The van der Waals surface area contributed by atoms with Crippen LogP contribution in [0.1, 0.15) is 17.2 Å². The average molecular weight is 271 g/mol. The first kappa shape index (κ1) is 12.7. The van der Waals surface area contributed by atoms with E-state index in [2.05, 4.69) is 20.5 Å². The van der Waals surface area contributed by atoms with Gasteiger partial charge >= 0.3 is 0 Å². The first-order chi connectivity index (χ1) is 9.63. The summed E-state index contributed by atoms with van der Waals surface area (Å²) >= 11 is 0. The summed E-state index contributed by atoms with van der Waals surface area (Å²) in [5.41, 5.74) is 2.24. The van der Waals surface area contributed by atoms with Crippen LogP contribution in [-0.2, 0) is 17.8 Å². The lowest BCUT2D eigenvalue weighted by Gasteiger charge is -2.20. The molecule has 6 heteroatoms. The molecule has 0 fully saturated rings. The van der Waals surface area contributed by atoms with Gasteiger partial charge in [-0.15, -0.1) is 0 Å². The molecule has 3 rings (SSSR count). The van der Waals surface area contributed by atoms with Crippen LogP contribution in [-0.4, -0.2) is 39.1 Å². The fraction of sp³-hybridized carbons (Fsp3) is 0.357. The summed E-state index contributed by atoms with van der Waals surface area (Å²) in [6.45, 7) is 2.26. The summed E-state index contributed by atoms with van der Waals surface area (Å²) in [4.78, 5) is 18.3. The van der Waals surface area contributed by atoms with Gasteiger partial charge in [0.05, 0.1) is 6.54 Å². The van der Waals surface area contributed by atoms with Crippen LogP contribution >= 0.6 is 0 Å². The van der Waals surface area contributed by atoms with Crippen LogP contribution < -0.4 is 5.32 Å². The number of anilines is 1. The molecule has 1 aromatic carbocycles. The minimum atomic E-state index is -0.197. The van der Waals surface area contributed by atoms with E-state index in [4.69, 9.17) is 0 Å². The molecule has 1 amide bonds. The standard InChI is InChI=1S/C14H17N5O/c1-9-15-13(18-17-9)8-19(2)14(20)12-7-10-5-3-4-6-11(10)16-12/h3-6,12,16H,7-8H2,1-2H3,(H,15,17,18). The third-order valence-corrected chi connectivity index (χ3v) is 3.47. The number of H-pyrrole nitrogens is 1. The van der Waals surface area contributed by atoms with E-state index in [1.165, 1.54) is 5.56 Å². The molecule has 104 valence electrons. The Bertz CT molecular complexity index is 611. The zero-order chi connectivity index (χ0) is 14.1. The number of carbonyl (C=O) groups excluding carboxylic acids is 1. The van der Waals surface area contributed by atoms with E-state index >= 15 is 0 Å². The number of fused-ring (bicyclic) bond motifs is 1. The lowest BCUT2D eigenvalue weighted by Crippen LogP contribution is -2.39. The van der Waals surface area contributed by atoms with E-state index in [1.807, 2.05) is 31.2 Å². The molecule has 1 aliphatic rings. The van der Waals surface area contributed by atoms with Crippen molar-refractivity contribution in [2.75, 3.05) is 12.4 Å². The van der Waals surface area contributed by atoms with Crippen molar-refractivity contribution >= 4 is 11.6 Å². The third-order valence-electron chi connectivity index (χ3n) is 3.47. The van der Waals surface area contributed by atoms with Gasteiger partial charge < -0.3 is 10.2 Å². The van der Waals surface area contributed by atoms with Crippen LogP contribution in [0.5, 0.6) is 0 Å². The highest BCUT2D eigenvalue weighted by atomic mass is 16.2. The topological polar surface area (TPSA) is 73.9 Å². The fourth-order valence-electron chi connectivity index (χ4n) is 2.46. The van der Waals surface area contributed by atoms with Gasteiger partial charge in [-0.2, -0.15) is 5.10 Å². The van der Waals surface area contributed by atoms with Gasteiger partial charge in [0, 0.05) is 19.2 Å². The SMILES string of the molecule is Cc1nc(CN(C)C(=O)C2Cc3ccccc3N2)n[nH]1. The van der Waals surface area contributed by atoms with Crippen molar-refractivity contribution in [2.45, 2.75) is 25.9 Å². The number of aromatic amines is 1. The molecular formula is C14H17N5O. The number of carbonyl (C=O) groups is 1. The summed E-state index contributed by atoms with van der Waals surface area (Å²) in [5.74, 6) is 1.45. The first-order valence-electron chi connectivity index (χ1n) is 6.61. The minimum absolute atomic E-state index is 0.0589. The van der Waals surface area contributed by atoms with E-state index in [-0.39, 0.29) is 11.9 Å². The molecule has 0 aliphatic carbocycles. The van der Waals surface area contributed by atoms with Gasteiger partial charge in [0.25, 0.3) is 0 Å². The number of hydrogen-bond acceptors (Lipinski definition) is 4. The predicted octanol–water partition coefficient (Wildman–Crippen LogP) is 1.11. The van der Waals surface area contributed by atoms with Crippen molar-refractivity contribution in [3.8, 4) is 0 Å². The first-order valence-corrected chi connectivity index (χ1v) is 6.61. The summed E-state index contributed by atoms with van der Waals surface area (Å²) in [6, 6.07) is 7.82. The van der Waals surface area contributed by atoms with Crippen molar-refractivity contribution in [1.29, 1.82) is 0 Å². The molecule has 1 aliphatic heterocycles. The summed E-state index contributed by atoms with van der Waals surface area (Å²) in [5, 5.41) is 10.1. The Balaban J connectivity index is 1.65. The average Bonchev–Trinajstić information content (AvgIpc) is 3.03.